The Balaban J connectivity index is 1.48. The smallest absolute Gasteiger partial charge is 0.306 e. The van der Waals surface area contributed by atoms with Crippen LogP contribution >= 0.6 is 0 Å². The molecule has 0 radical (unpaired) electrons. The van der Waals surface area contributed by atoms with Gasteiger partial charge in [-0.1, -0.05) is 92.6 Å². The van der Waals surface area contributed by atoms with E-state index in [2.05, 4.69) is 61.5 Å². The van der Waals surface area contributed by atoms with Gasteiger partial charge in [0, 0.05) is 6.42 Å². The molecule has 0 saturated heterocycles. The summed E-state index contributed by atoms with van der Waals surface area (Å²) in [7, 11) is 0. The van der Waals surface area contributed by atoms with Gasteiger partial charge in [0.05, 0.1) is 5.92 Å². The fraction of sp³-hybridized carbons (Fsp3) is 0.419. The molecule has 2 aromatic rings. The minimum atomic E-state index is -0.862. The highest BCUT2D eigenvalue weighted by molar-refractivity contribution is 5.97. The van der Waals surface area contributed by atoms with Crippen molar-refractivity contribution in [1.82, 2.24) is 0 Å². The Bertz CT molecular complexity index is 969. The first-order valence-electron chi connectivity index (χ1n) is 12.8. The number of ketones is 1. The Morgan fingerprint density at radius 1 is 1.06 bits per heavy atom. The van der Waals surface area contributed by atoms with Crippen LogP contribution in [0.5, 0.6) is 0 Å². The number of carboxylic acid groups (broad SMARTS) is 1. The largest absolute Gasteiger partial charge is 0.481 e. The van der Waals surface area contributed by atoms with Crippen molar-refractivity contribution in [3.05, 3.63) is 89.0 Å². The molecule has 2 aromatic carbocycles. The van der Waals surface area contributed by atoms with Gasteiger partial charge in [-0.25, -0.2) is 0 Å². The molecular formula is C31H38O3. The van der Waals surface area contributed by atoms with E-state index < -0.39 is 11.9 Å². The van der Waals surface area contributed by atoms with E-state index in [1.165, 1.54) is 29.5 Å². The van der Waals surface area contributed by atoms with Crippen molar-refractivity contribution in [1.29, 1.82) is 0 Å². The first-order chi connectivity index (χ1) is 16.6. The topological polar surface area (TPSA) is 54.4 Å². The molecule has 0 saturated carbocycles. The molecule has 0 aliphatic heterocycles. The number of unbranched alkanes of at least 4 members (excludes halogenated alkanes) is 2. The second kappa shape index (κ2) is 13.7. The number of hydrogen-bond acceptors (Lipinski definition) is 2. The molecule has 3 heteroatoms. The van der Waals surface area contributed by atoms with Crippen LogP contribution in [-0.4, -0.2) is 16.9 Å². The van der Waals surface area contributed by atoms with Crippen LogP contribution in [0.2, 0.25) is 0 Å². The number of carboxylic acids is 1. The zero-order valence-electron chi connectivity index (χ0n) is 20.4. The molecule has 34 heavy (non-hydrogen) atoms. The molecule has 180 valence electrons. The van der Waals surface area contributed by atoms with Gasteiger partial charge in [0.15, 0.2) is 5.78 Å². The van der Waals surface area contributed by atoms with E-state index in [0.29, 0.717) is 12.3 Å². The average Bonchev–Trinajstić information content (AvgIpc) is 2.87. The van der Waals surface area contributed by atoms with Gasteiger partial charge in [0.1, 0.15) is 0 Å². The second-order valence-electron chi connectivity index (χ2n) is 9.45. The third-order valence-corrected chi connectivity index (χ3v) is 6.85. The molecule has 0 fully saturated rings. The van der Waals surface area contributed by atoms with Gasteiger partial charge in [0.25, 0.3) is 0 Å². The van der Waals surface area contributed by atoms with E-state index in [9.17, 15) is 14.7 Å². The van der Waals surface area contributed by atoms with Crippen molar-refractivity contribution in [2.75, 3.05) is 0 Å². The number of hydrogen-bond donors (Lipinski definition) is 1. The van der Waals surface area contributed by atoms with Crippen LogP contribution in [0.3, 0.4) is 0 Å². The predicted molar refractivity (Wildman–Crippen MR) is 140 cm³/mol. The maximum absolute atomic E-state index is 12.8. The van der Waals surface area contributed by atoms with E-state index in [4.69, 9.17) is 0 Å². The molecule has 2 atom stereocenters. The maximum Gasteiger partial charge on any atom is 0.306 e. The maximum atomic E-state index is 12.8. The van der Waals surface area contributed by atoms with Gasteiger partial charge in [-0.15, -0.1) is 0 Å². The van der Waals surface area contributed by atoms with Crippen LogP contribution < -0.4 is 0 Å². The zero-order valence-corrected chi connectivity index (χ0v) is 20.4. The van der Waals surface area contributed by atoms with Gasteiger partial charge >= 0.3 is 5.97 Å². The summed E-state index contributed by atoms with van der Waals surface area (Å²) >= 11 is 0. The third kappa shape index (κ3) is 8.13. The number of carbonyl (C=O) groups excluding carboxylic acids is 1. The normalized spacial score (nSPS) is 16.9. The summed E-state index contributed by atoms with van der Waals surface area (Å²) < 4.78 is 0. The number of benzene rings is 2. The molecule has 0 spiro atoms. The summed E-state index contributed by atoms with van der Waals surface area (Å²) in [5.41, 5.74) is 4.58. The number of aryl methyl sites for hydroxylation is 1. The van der Waals surface area contributed by atoms with Crippen LogP contribution in [0.4, 0.5) is 0 Å². The summed E-state index contributed by atoms with van der Waals surface area (Å²) in [6, 6.07) is 18.9. The standard InChI is InChI=1S/C31H38O3/c1-2-3-4-6-12-25-15-17-26(18-16-25)27-19-21-28(22-20-27)30(32)23-29(31(33)34)14-9-13-24-10-7-5-8-11-24/h5-8,10-12,15-18,21,27,29H,2-4,9,13-14,19-20,22-23H2,1H3,(H,33,34)/b12-6-. The zero-order chi connectivity index (χ0) is 24.2. The van der Waals surface area contributed by atoms with E-state index in [-0.39, 0.29) is 12.2 Å². The molecular weight excluding hydrogens is 420 g/mol. The highest BCUT2D eigenvalue weighted by Gasteiger charge is 2.25. The quantitative estimate of drug-likeness (QED) is 0.312. The second-order valence-corrected chi connectivity index (χ2v) is 9.45. The minimum Gasteiger partial charge on any atom is -0.481 e. The van der Waals surface area contributed by atoms with Crippen molar-refractivity contribution < 1.29 is 14.7 Å². The van der Waals surface area contributed by atoms with Crippen molar-refractivity contribution in [3.8, 4) is 0 Å². The van der Waals surface area contributed by atoms with Crippen molar-refractivity contribution in [3.63, 3.8) is 0 Å². The third-order valence-electron chi connectivity index (χ3n) is 6.85. The van der Waals surface area contributed by atoms with Crippen molar-refractivity contribution in [2.24, 2.45) is 5.92 Å². The molecule has 0 bridgehead atoms. The number of carbonyl (C=O) groups is 2. The van der Waals surface area contributed by atoms with E-state index in [0.717, 1.165) is 44.1 Å². The first kappa shape index (κ1) is 25.7. The lowest BCUT2D eigenvalue weighted by Crippen LogP contribution is -2.20. The fourth-order valence-electron chi connectivity index (χ4n) is 4.68. The summed E-state index contributed by atoms with van der Waals surface area (Å²) in [5, 5.41) is 9.64. The Labute approximate surface area is 204 Å². The first-order valence-corrected chi connectivity index (χ1v) is 12.8. The highest BCUT2D eigenvalue weighted by atomic mass is 16.4. The van der Waals surface area contributed by atoms with Gasteiger partial charge in [-0.2, -0.15) is 0 Å². The summed E-state index contributed by atoms with van der Waals surface area (Å²) in [6.07, 6.45) is 14.8. The van der Waals surface area contributed by atoms with Crippen LogP contribution in [0.25, 0.3) is 6.08 Å². The Morgan fingerprint density at radius 2 is 1.82 bits per heavy atom. The molecule has 3 nitrogen and oxygen atoms in total. The summed E-state index contributed by atoms with van der Waals surface area (Å²) in [5.74, 6) is -1.03. The Hall–Kier alpha value is -2.94. The van der Waals surface area contributed by atoms with E-state index in [1.54, 1.807) is 0 Å². The van der Waals surface area contributed by atoms with Crippen LogP contribution in [-0.2, 0) is 16.0 Å². The summed E-state index contributed by atoms with van der Waals surface area (Å²) in [6.45, 7) is 2.21. The van der Waals surface area contributed by atoms with Crippen molar-refractivity contribution in [2.45, 2.75) is 77.0 Å². The van der Waals surface area contributed by atoms with Crippen molar-refractivity contribution >= 4 is 17.8 Å². The van der Waals surface area contributed by atoms with Gasteiger partial charge in [0.2, 0.25) is 0 Å². The highest BCUT2D eigenvalue weighted by Crippen LogP contribution is 2.33. The Morgan fingerprint density at radius 3 is 2.47 bits per heavy atom. The van der Waals surface area contributed by atoms with E-state index >= 15 is 0 Å². The van der Waals surface area contributed by atoms with Crippen LogP contribution in [0, 0.1) is 5.92 Å². The minimum absolute atomic E-state index is 0.0122. The Kier molecular flexibility index (Phi) is 10.3. The fourth-order valence-corrected chi connectivity index (χ4v) is 4.68. The predicted octanol–water partition coefficient (Wildman–Crippen LogP) is 7.77. The number of rotatable bonds is 13. The molecule has 1 aliphatic carbocycles. The number of Topliss-reactive ketones (excluding diaryl/α,β-unsaturated/α-hetero) is 1. The lowest BCUT2D eigenvalue weighted by atomic mass is 9.81. The molecule has 1 aliphatic rings. The number of allylic oxidation sites excluding steroid dienone is 3. The van der Waals surface area contributed by atoms with Gasteiger partial charge < -0.3 is 5.11 Å². The van der Waals surface area contributed by atoms with Gasteiger partial charge in [-0.3, -0.25) is 9.59 Å². The molecule has 3 rings (SSSR count). The lowest BCUT2D eigenvalue weighted by Gasteiger charge is -2.22. The molecule has 0 aromatic heterocycles. The van der Waals surface area contributed by atoms with Gasteiger partial charge in [-0.05, 0) is 73.1 Å². The molecule has 0 amide bonds. The van der Waals surface area contributed by atoms with E-state index in [1.807, 2.05) is 18.2 Å². The SMILES string of the molecule is CCCC/C=C\c1ccc(C2CC=C(C(=O)CC(CCCc3ccccc3)C(=O)O)CC2)cc1. The number of aliphatic carboxylic acids is 1. The molecule has 1 N–H and O–H groups in total. The molecule has 2 unspecified atom stereocenters. The summed E-state index contributed by atoms with van der Waals surface area (Å²) in [4.78, 5) is 24.6. The average molecular weight is 459 g/mol. The lowest BCUT2D eigenvalue weighted by molar-refractivity contribution is -0.143. The van der Waals surface area contributed by atoms with Crippen LogP contribution in [0.1, 0.15) is 87.3 Å². The molecule has 0 heterocycles. The monoisotopic (exact) mass is 458 g/mol. The van der Waals surface area contributed by atoms with Crippen LogP contribution in [0.15, 0.2) is 72.3 Å².